The number of carboxylic acid groups (broad SMARTS) is 1. The largest absolute Gasteiger partial charge is 0.481 e. The second-order valence-corrected chi connectivity index (χ2v) is 3.26. The number of benzene rings is 1. The van der Waals surface area contributed by atoms with E-state index >= 15 is 0 Å². The van der Waals surface area contributed by atoms with Gasteiger partial charge in [0.25, 0.3) is 0 Å². The predicted molar refractivity (Wildman–Crippen MR) is 47.3 cm³/mol. The van der Waals surface area contributed by atoms with Crippen LogP contribution in [0.15, 0.2) is 24.3 Å². The molecule has 0 saturated carbocycles. The lowest BCUT2D eigenvalue weighted by Crippen LogP contribution is -2.32. The number of aliphatic carboxylic acids is 1. The monoisotopic (exact) mass is 236 g/mol. The first-order valence-electron chi connectivity index (χ1n) is 4.34. The summed E-state index contributed by atoms with van der Waals surface area (Å²) >= 11 is 0. The average Bonchev–Trinajstić information content (AvgIpc) is 2.14. The number of carbonyl (C=O) groups is 1. The predicted octanol–water partition coefficient (Wildman–Crippen LogP) is 2.63. The molecule has 0 amide bonds. The Morgan fingerprint density at radius 3 is 2.12 bits per heavy atom. The average molecular weight is 236 g/mol. The number of hydrogen-bond acceptors (Lipinski definition) is 1. The summed E-state index contributed by atoms with van der Waals surface area (Å²) in [5, 5.41) is 8.43. The molecule has 0 spiro atoms. The van der Waals surface area contributed by atoms with Crippen molar-refractivity contribution in [2.45, 2.75) is 12.6 Å². The lowest BCUT2D eigenvalue weighted by molar-refractivity contribution is -0.193. The zero-order valence-corrected chi connectivity index (χ0v) is 7.96. The van der Waals surface area contributed by atoms with Crippen molar-refractivity contribution in [2.24, 2.45) is 5.92 Å². The Morgan fingerprint density at radius 1 is 1.25 bits per heavy atom. The van der Waals surface area contributed by atoms with Crippen LogP contribution in [0.5, 0.6) is 0 Å². The van der Waals surface area contributed by atoms with Gasteiger partial charge in [-0.1, -0.05) is 12.1 Å². The van der Waals surface area contributed by atoms with E-state index in [0.29, 0.717) is 0 Å². The van der Waals surface area contributed by atoms with Crippen LogP contribution in [-0.2, 0) is 11.2 Å². The van der Waals surface area contributed by atoms with Gasteiger partial charge in [-0.2, -0.15) is 13.2 Å². The summed E-state index contributed by atoms with van der Waals surface area (Å²) < 4.78 is 49.3. The quantitative estimate of drug-likeness (QED) is 0.819. The van der Waals surface area contributed by atoms with Gasteiger partial charge in [0, 0.05) is 0 Å². The van der Waals surface area contributed by atoms with Crippen LogP contribution in [0.25, 0.3) is 0 Å². The Hall–Kier alpha value is -1.59. The van der Waals surface area contributed by atoms with Gasteiger partial charge in [0.2, 0.25) is 0 Å². The van der Waals surface area contributed by atoms with E-state index in [0.717, 1.165) is 24.3 Å². The van der Waals surface area contributed by atoms with Crippen molar-refractivity contribution in [2.75, 3.05) is 0 Å². The van der Waals surface area contributed by atoms with E-state index < -0.39 is 30.3 Å². The number of carboxylic acids is 1. The molecule has 6 heteroatoms. The van der Waals surface area contributed by atoms with E-state index in [4.69, 9.17) is 5.11 Å². The third kappa shape index (κ3) is 3.22. The zero-order chi connectivity index (χ0) is 12.3. The maximum absolute atomic E-state index is 12.5. The van der Waals surface area contributed by atoms with Crippen molar-refractivity contribution < 1.29 is 27.5 Å². The van der Waals surface area contributed by atoms with Gasteiger partial charge in [0.1, 0.15) is 5.82 Å². The van der Waals surface area contributed by atoms with Gasteiger partial charge in [0.05, 0.1) is 0 Å². The normalized spacial score (nSPS) is 13.5. The van der Waals surface area contributed by atoms with Gasteiger partial charge < -0.3 is 5.11 Å². The molecule has 0 fully saturated rings. The second kappa shape index (κ2) is 4.51. The Morgan fingerprint density at radius 2 is 1.75 bits per heavy atom. The summed E-state index contributed by atoms with van der Waals surface area (Å²) in [4.78, 5) is 10.4. The first-order valence-corrected chi connectivity index (χ1v) is 4.34. The molecule has 0 aromatic heterocycles. The summed E-state index contributed by atoms with van der Waals surface area (Å²) in [7, 11) is 0. The summed E-state index contributed by atoms with van der Waals surface area (Å²) in [6, 6.07) is 4.25. The molecule has 16 heavy (non-hydrogen) atoms. The molecule has 0 saturated heterocycles. The molecule has 2 nitrogen and oxygen atoms in total. The molecule has 1 N–H and O–H groups in total. The Kier molecular flexibility index (Phi) is 3.51. The summed E-state index contributed by atoms with van der Waals surface area (Å²) in [5.41, 5.74) is 0.131. The SMILES string of the molecule is O=C(O)[C@@H](Cc1ccc(F)cc1)C(F)(F)F. The van der Waals surface area contributed by atoms with E-state index in [1.54, 1.807) is 0 Å². The summed E-state index contributed by atoms with van der Waals surface area (Å²) in [6.45, 7) is 0. The van der Waals surface area contributed by atoms with Crippen LogP contribution < -0.4 is 0 Å². The topological polar surface area (TPSA) is 37.3 Å². The highest BCUT2D eigenvalue weighted by atomic mass is 19.4. The maximum atomic E-state index is 12.5. The fraction of sp³-hybridized carbons (Fsp3) is 0.300. The van der Waals surface area contributed by atoms with Gasteiger partial charge >= 0.3 is 12.1 Å². The first-order chi connectivity index (χ1) is 7.30. The van der Waals surface area contributed by atoms with E-state index in [1.165, 1.54) is 0 Å². The Labute approximate surface area is 88.5 Å². The molecule has 0 heterocycles. The smallest absolute Gasteiger partial charge is 0.402 e. The molecule has 0 radical (unpaired) electrons. The van der Waals surface area contributed by atoms with Gasteiger partial charge in [-0.05, 0) is 24.1 Å². The Bertz CT molecular complexity index is 369. The zero-order valence-electron chi connectivity index (χ0n) is 7.96. The maximum Gasteiger partial charge on any atom is 0.402 e. The van der Waals surface area contributed by atoms with E-state index in [9.17, 15) is 22.4 Å². The van der Waals surface area contributed by atoms with Gasteiger partial charge in [0.15, 0.2) is 5.92 Å². The summed E-state index contributed by atoms with van der Waals surface area (Å²) in [6.07, 6.45) is -5.50. The lowest BCUT2D eigenvalue weighted by atomic mass is 9.99. The van der Waals surface area contributed by atoms with E-state index in [2.05, 4.69) is 0 Å². The van der Waals surface area contributed by atoms with Crippen LogP contribution in [0.2, 0.25) is 0 Å². The van der Waals surface area contributed by atoms with Gasteiger partial charge in [-0.15, -0.1) is 0 Å². The van der Waals surface area contributed by atoms with Crippen molar-refractivity contribution in [1.29, 1.82) is 0 Å². The molecule has 0 aliphatic carbocycles. The van der Waals surface area contributed by atoms with Gasteiger partial charge in [-0.3, -0.25) is 4.79 Å². The molecule has 0 aliphatic rings. The molecular formula is C10H8F4O2. The fourth-order valence-corrected chi connectivity index (χ4v) is 1.20. The van der Waals surface area contributed by atoms with Crippen molar-refractivity contribution >= 4 is 5.97 Å². The van der Waals surface area contributed by atoms with Crippen molar-refractivity contribution in [1.82, 2.24) is 0 Å². The molecule has 1 rings (SSSR count). The van der Waals surface area contributed by atoms with Crippen LogP contribution in [0.3, 0.4) is 0 Å². The number of halogens is 4. The van der Waals surface area contributed by atoms with Crippen molar-refractivity contribution in [3.05, 3.63) is 35.6 Å². The minimum atomic E-state index is -4.81. The van der Waals surface area contributed by atoms with Crippen LogP contribution in [0.1, 0.15) is 5.56 Å². The minimum Gasteiger partial charge on any atom is -0.481 e. The third-order valence-corrected chi connectivity index (χ3v) is 2.05. The molecule has 1 aromatic rings. The fourth-order valence-electron chi connectivity index (χ4n) is 1.20. The highest BCUT2D eigenvalue weighted by molar-refractivity contribution is 5.71. The standard InChI is InChI=1S/C10H8F4O2/c11-7-3-1-6(2-4-7)5-8(9(15)16)10(12,13)14/h1-4,8H,5H2,(H,15,16)/t8-/m1/s1. The molecule has 1 atom stereocenters. The van der Waals surface area contributed by atoms with Crippen LogP contribution in [0.4, 0.5) is 17.6 Å². The highest BCUT2D eigenvalue weighted by Gasteiger charge is 2.44. The highest BCUT2D eigenvalue weighted by Crippen LogP contribution is 2.29. The van der Waals surface area contributed by atoms with Crippen molar-refractivity contribution in [3.8, 4) is 0 Å². The number of alkyl halides is 3. The molecule has 0 unspecified atom stereocenters. The second-order valence-electron chi connectivity index (χ2n) is 3.26. The van der Waals surface area contributed by atoms with Crippen molar-refractivity contribution in [3.63, 3.8) is 0 Å². The molecule has 0 aliphatic heterocycles. The van der Waals surface area contributed by atoms with Crippen LogP contribution in [0, 0.1) is 11.7 Å². The number of hydrogen-bond donors (Lipinski definition) is 1. The Balaban J connectivity index is 2.84. The first kappa shape index (κ1) is 12.5. The molecular weight excluding hydrogens is 228 g/mol. The summed E-state index contributed by atoms with van der Waals surface area (Å²) in [5.74, 6) is -4.97. The van der Waals surface area contributed by atoms with Gasteiger partial charge in [-0.25, -0.2) is 4.39 Å². The molecule has 88 valence electrons. The molecule has 1 aromatic carbocycles. The molecule has 0 bridgehead atoms. The minimum absolute atomic E-state index is 0.131. The third-order valence-electron chi connectivity index (χ3n) is 2.05. The number of rotatable bonds is 3. The van der Waals surface area contributed by atoms with Crippen LogP contribution >= 0.6 is 0 Å². The van der Waals surface area contributed by atoms with E-state index in [-0.39, 0.29) is 5.56 Å². The lowest BCUT2D eigenvalue weighted by Gasteiger charge is -2.15. The van der Waals surface area contributed by atoms with E-state index in [1.807, 2.05) is 0 Å². The van der Waals surface area contributed by atoms with Crippen LogP contribution in [-0.4, -0.2) is 17.3 Å².